The van der Waals surface area contributed by atoms with Gasteiger partial charge in [0.25, 0.3) is 0 Å². The molecular formula is C20H16BrF17. The van der Waals surface area contributed by atoms with Crippen LogP contribution in [0, 0.1) is 0 Å². The summed E-state index contributed by atoms with van der Waals surface area (Å²) in [6.07, 6.45) is -11.0. The van der Waals surface area contributed by atoms with Crippen LogP contribution in [0.25, 0.3) is 0 Å². The average Bonchev–Trinajstić information content (AvgIpc) is 2.75. The third-order valence-corrected chi connectivity index (χ3v) is 5.94. The quantitative estimate of drug-likeness (QED) is 0.146. The van der Waals surface area contributed by atoms with E-state index in [1.807, 2.05) is 0 Å². The van der Waals surface area contributed by atoms with E-state index >= 15 is 0 Å². The first-order valence-electron chi connectivity index (χ1n) is 10.2. The van der Waals surface area contributed by atoms with E-state index in [9.17, 15) is 74.6 Å². The lowest BCUT2D eigenvalue weighted by Crippen LogP contribution is -2.74. The Kier molecular flexibility index (Phi) is 9.84. The molecule has 0 spiro atoms. The number of benzene rings is 1. The zero-order chi connectivity index (χ0) is 30.2. The van der Waals surface area contributed by atoms with E-state index < -0.39 is 66.9 Å². The number of alkyl halides is 17. The lowest BCUT2D eigenvalue weighted by molar-refractivity contribution is -0.461. The van der Waals surface area contributed by atoms with Gasteiger partial charge in [-0.1, -0.05) is 40.9 Å². The Hall–Kier alpha value is -1.49. The standard InChI is InChI=1S/C20H16BrF17/c21-12-8-6-11(7-9-12)5-3-1-2-4-10-13(22,23)14(24,25)15(26,27)16(28,29)17(30,31)18(32,33)19(34,35)20(36,37)38/h6-9H,1-5,10H2. The fraction of sp³-hybridized carbons (Fsp3) is 0.700. The molecule has 18 heteroatoms. The summed E-state index contributed by atoms with van der Waals surface area (Å²) in [5.74, 6) is -55.8. The second kappa shape index (κ2) is 10.8. The van der Waals surface area contributed by atoms with Crippen LogP contribution in [0.4, 0.5) is 74.6 Å². The second-order valence-electron chi connectivity index (χ2n) is 8.19. The monoisotopic (exact) mass is 658 g/mol. The summed E-state index contributed by atoms with van der Waals surface area (Å²) in [6, 6.07) is 6.62. The second-order valence-corrected chi connectivity index (χ2v) is 9.10. The van der Waals surface area contributed by atoms with Crippen molar-refractivity contribution in [3.63, 3.8) is 0 Å². The molecule has 0 amide bonds. The minimum absolute atomic E-state index is 0.00108. The lowest BCUT2D eigenvalue weighted by Gasteiger charge is -2.42. The van der Waals surface area contributed by atoms with Gasteiger partial charge < -0.3 is 0 Å². The molecule has 0 nitrogen and oxygen atoms in total. The van der Waals surface area contributed by atoms with Gasteiger partial charge in [0.05, 0.1) is 0 Å². The molecule has 1 aromatic rings. The first-order valence-corrected chi connectivity index (χ1v) is 11.0. The summed E-state index contributed by atoms with van der Waals surface area (Å²) in [6.45, 7) is 0. The van der Waals surface area contributed by atoms with Crippen molar-refractivity contribution in [2.75, 3.05) is 0 Å². The van der Waals surface area contributed by atoms with E-state index in [0.29, 0.717) is 6.42 Å². The van der Waals surface area contributed by atoms with E-state index in [1.165, 1.54) is 0 Å². The van der Waals surface area contributed by atoms with Gasteiger partial charge in [-0.25, -0.2) is 0 Å². The first-order chi connectivity index (χ1) is 16.7. The molecule has 0 aromatic heterocycles. The fourth-order valence-corrected chi connectivity index (χ4v) is 3.30. The van der Waals surface area contributed by atoms with Crippen molar-refractivity contribution in [2.45, 2.75) is 86.2 Å². The Morgan fingerprint density at radius 3 is 1.24 bits per heavy atom. The number of hydrogen-bond donors (Lipinski definition) is 0. The molecule has 0 radical (unpaired) electrons. The van der Waals surface area contributed by atoms with Gasteiger partial charge in [-0.3, -0.25) is 0 Å². The zero-order valence-electron chi connectivity index (χ0n) is 18.4. The summed E-state index contributed by atoms with van der Waals surface area (Å²) in [4.78, 5) is 0. The van der Waals surface area contributed by atoms with Gasteiger partial charge >= 0.3 is 47.6 Å². The molecule has 0 atom stereocenters. The van der Waals surface area contributed by atoms with E-state index in [4.69, 9.17) is 0 Å². The summed E-state index contributed by atoms with van der Waals surface area (Å²) in [5, 5.41) is 0. The van der Waals surface area contributed by atoms with Crippen LogP contribution in [0.5, 0.6) is 0 Å². The van der Waals surface area contributed by atoms with Crippen LogP contribution in [0.15, 0.2) is 28.7 Å². The Morgan fingerprint density at radius 2 is 0.816 bits per heavy atom. The number of unbranched alkanes of at least 4 members (excludes halogenated alkanes) is 3. The topological polar surface area (TPSA) is 0 Å². The molecule has 0 aliphatic heterocycles. The zero-order valence-corrected chi connectivity index (χ0v) is 19.9. The van der Waals surface area contributed by atoms with Crippen molar-refractivity contribution < 1.29 is 74.6 Å². The Balaban J connectivity index is 3.04. The van der Waals surface area contributed by atoms with Crippen LogP contribution in [0.1, 0.15) is 37.7 Å². The van der Waals surface area contributed by atoms with Gasteiger partial charge in [0, 0.05) is 10.9 Å². The Bertz CT molecular complexity index is 918. The van der Waals surface area contributed by atoms with Crippen molar-refractivity contribution in [3.05, 3.63) is 34.3 Å². The van der Waals surface area contributed by atoms with Crippen LogP contribution in [-0.2, 0) is 6.42 Å². The molecule has 0 heterocycles. The molecule has 0 fully saturated rings. The molecule has 0 unspecified atom stereocenters. The molecule has 1 aromatic carbocycles. The largest absolute Gasteiger partial charge is 0.460 e. The van der Waals surface area contributed by atoms with E-state index in [0.717, 1.165) is 10.0 Å². The van der Waals surface area contributed by atoms with Gasteiger partial charge in [-0.15, -0.1) is 0 Å². The molecule has 0 aliphatic rings. The van der Waals surface area contributed by atoms with E-state index in [-0.39, 0.29) is 12.8 Å². The number of hydrogen-bond acceptors (Lipinski definition) is 0. The Labute approximate surface area is 211 Å². The van der Waals surface area contributed by atoms with E-state index in [1.54, 1.807) is 24.3 Å². The van der Waals surface area contributed by atoms with Gasteiger partial charge in [-0.05, 0) is 37.0 Å². The van der Waals surface area contributed by atoms with Gasteiger partial charge in [0.1, 0.15) is 0 Å². The molecule has 0 bridgehead atoms. The van der Waals surface area contributed by atoms with Crippen LogP contribution < -0.4 is 0 Å². The van der Waals surface area contributed by atoms with Gasteiger partial charge in [-0.2, -0.15) is 74.6 Å². The molecular weight excluding hydrogens is 643 g/mol. The Morgan fingerprint density at radius 1 is 0.447 bits per heavy atom. The third-order valence-electron chi connectivity index (χ3n) is 5.41. The number of aryl methyl sites for hydroxylation is 1. The van der Waals surface area contributed by atoms with Crippen molar-refractivity contribution in [2.24, 2.45) is 0 Å². The first kappa shape index (κ1) is 34.5. The van der Waals surface area contributed by atoms with Crippen molar-refractivity contribution in [1.29, 1.82) is 0 Å². The highest BCUT2D eigenvalue weighted by molar-refractivity contribution is 9.10. The predicted octanol–water partition coefficient (Wildman–Crippen LogP) is 9.95. The maximum absolute atomic E-state index is 13.8. The van der Waals surface area contributed by atoms with Gasteiger partial charge in [0.2, 0.25) is 0 Å². The van der Waals surface area contributed by atoms with Crippen molar-refractivity contribution >= 4 is 15.9 Å². The molecule has 0 saturated heterocycles. The summed E-state index contributed by atoms with van der Waals surface area (Å²) >= 11 is 3.16. The highest BCUT2D eigenvalue weighted by Gasteiger charge is 2.95. The average molecular weight is 659 g/mol. The van der Waals surface area contributed by atoms with Crippen LogP contribution in [0.3, 0.4) is 0 Å². The summed E-state index contributed by atoms with van der Waals surface area (Å²) in [7, 11) is 0. The van der Waals surface area contributed by atoms with E-state index in [2.05, 4.69) is 15.9 Å². The minimum atomic E-state index is -8.59. The smallest absolute Gasteiger partial charge is 0.200 e. The number of halogens is 18. The highest BCUT2D eigenvalue weighted by atomic mass is 79.9. The van der Waals surface area contributed by atoms with Crippen molar-refractivity contribution in [1.82, 2.24) is 0 Å². The molecule has 38 heavy (non-hydrogen) atoms. The third kappa shape index (κ3) is 5.83. The lowest BCUT2D eigenvalue weighted by atomic mass is 9.87. The molecule has 1 rings (SSSR count). The SMILES string of the molecule is FC(F)(F)C(F)(F)C(F)(F)C(F)(F)C(F)(F)C(F)(F)C(F)(F)C(F)(F)CCCCCCc1ccc(Br)cc1. The normalized spacial score (nSPS) is 15.2. The molecule has 0 saturated carbocycles. The maximum Gasteiger partial charge on any atom is 0.460 e. The van der Waals surface area contributed by atoms with Gasteiger partial charge in [0.15, 0.2) is 0 Å². The van der Waals surface area contributed by atoms with Crippen molar-refractivity contribution in [3.8, 4) is 0 Å². The predicted molar refractivity (Wildman–Crippen MR) is 102 cm³/mol. The van der Waals surface area contributed by atoms with Crippen LogP contribution in [-0.4, -0.2) is 47.6 Å². The molecule has 222 valence electrons. The summed E-state index contributed by atoms with van der Waals surface area (Å²) in [5.41, 5.74) is 0.751. The molecule has 0 N–H and O–H groups in total. The summed E-state index contributed by atoms with van der Waals surface area (Å²) < 4.78 is 225. The van der Waals surface area contributed by atoms with Crippen LogP contribution in [0.2, 0.25) is 0 Å². The van der Waals surface area contributed by atoms with Crippen LogP contribution >= 0.6 is 15.9 Å². The highest BCUT2D eigenvalue weighted by Crippen LogP contribution is 2.64. The molecule has 0 aliphatic carbocycles. The fourth-order valence-electron chi connectivity index (χ4n) is 3.03. The number of rotatable bonds is 13. The maximum atomic E-state index is 13.8. The minimum Gasteiger partial charge on any atom is -0.200 e.